The van der Waals surface area contributed by atoms with Gasteiger partial charge in [-0.25, -0.2) is 0 Å². The number of benzene rings is 11. The molecule has 0 amide bonds. The van der Waals surface area contributed by atoms with Crippen LogP contribution in [0.1, 0.15) is 22.3 Å². The Morgan fingerprint density at radius 3 is 1.51 bits per heavy atom. The zero-order valence-corrected chi connectivity index (χ0v) is 31.1. The van der Waals surface area contributed by atoms with Crippen LogP contribution in [0.15, 0.2) is 206 Å². The summed E-state index contributed by atoms with van der Waals surface area (Å²) in [4.78, 5) is 0. The van der Waals surface area contributed by atoms with Crippen molar-refractivity contribution in [3.05, 3.63) is 229 Å². The predicted octanol–water partition coefficient (Wildman–Crippen LogP) is 15.1. The van der Waals surface area contributed by atoms with Crippen molar-refractivity contribution in [2.24, 2.45) is 0 Å². The fourth-order valence-electron chi connectivity index (χ4n) is 11.0. The standard InChI is InChI=1S/C57H34/c1-5-19-40-35(14-1)18-13-25-46(40)55-43-22-8-4-17-38(43)33-53-56(55)48-31-29-39(34-52(48)57(53)50-26-11-9-23-44(50)45-24-10-12-27-51(45)57)54-42-21-7-3-16-37(42)32-49-41-20-6-2-15-36(41)28-30-47(49)54/h1-34H. The zero-order chi connectivity index (χ0) is 37.2. The minimum atomic E-state index is -0.510. The van der Waals surface area contributed by atoms with Crippen molar-refractivity contribution in [1.29, 1.82) is 0 Å². The molecule has 13 rings (SSSR count). The highest BCUT2D eigenvalue weighted by Crippen LogP contribution is 2.65. The summed E-state index contributed by atoms with van der Waals surface area (Å²) in [5, 5.41) is 12.7. The van der Waals surface area contributed by atoms with E-state index < -0.39 is 5.41 Å². The second kappa shape index (κ2) is 11.4. The lowest BCUT2D eigenvalue weighted by molar-refractivity contribution is 0.795. The smallest absolute Gasteiger partial charge is 0.0619 e. The Morgan fingerprint density at radius 2 is 0.772 bits per heavy atom. The van der Waals surface area contributed by atoms with E-state index in [2.05, 4.69) is 206 Å². The molecule has 2 aliphatic rings. The van der Waals surface area contributed by atoms with Crippen LogP contribution in [0, 0.1) is 0 Å². The molecule has 262 valence electrons. The maximum Gasteiger partial charge on any atom is 0.0726 e. The largest absolute Gasteiger partial charge is 0.0726 e. The third kappa shape index (κ3) is 4.02. The van der Waals surface area contributed by atoms with Crippen LogP contribution in [0.5, 0.6) is 0 Å². The first-order valence-electron chi connectivity index (χ1n) is 20.0. The van der Waals surface area contributed by atoms with Crippen molar-refractivity contribution in [3.63, 3.8) is 0 Å². The van der Waals surface area contributed by atoms with Crippen molar-refractivity contribution in [3.8, 4) is 44.5 Å². The van der Waals surface area contributed by atoms with Crippen LogP contribution in [0.25, 0.3) is 98.4 Å². The molecule has 0 saturated heterocycles. The zero-order valence-electron chi connectivity index (χ0n) is 31.1. The molecule has 57 heavy (non-hydrogen) atoms. The molecule has 0 nitrogen and oxygen atoms in total. The summed E-state index contributed by atoms with van der Waals surface area (Å²) in [7, 11) is 0. The quantitative estimate of drug-likeness (QED) is 0.123. The molecule has 0 aromatic heterocycles. The van der Waals surface area contributed by atoms with Gasteiger partial charge in [-0.1, -0.05) is 188 Å². The molecule has 0 bridgehead atoms. The molecule has 0 atom stereocenters. The van der Waals surface area contributed by atoms with Crippen molar-refractivity contribution >= 4 is 53.9 Å². The van der Waals surface area contributed by atoms with Crippen molar-refractivity contribution < 1.29 is 0 Å². The molecule has 0 N–H and O–H groups in total. The average Bonchev–Trinajstić information content (AvgIpc) is 3.74. The first-order chi connectivity index (χ1) is 28.3. The van der Waals surface area contributed by atoms with Gasteiger partial charge in [-0.3, -0.25) is 0 Å². The highest BCUT2D eigenvalue weighted by Gasteiger charge is 2.52. The van der Waals surface area contributed by atoms with Gasteiger partial charge in [-0.2, -0.15) is 0 Å². The Kier molecular flexibility index (Phi) is 6.19. The highest BCUT2D eigenvalue weighted by molar-refractivity contribution is 6.21. The lowest BCUT2D eigenvalue weighted by Crippen LogP contribution is -2.26. The number of hydrogen-bond acceptors (Lipinski definition) is 0. The monoisotopic (exact) mass is 718 g/mol. The van der Waals surface area contributed by atoms with E-state index in [-0.39, 0.29) is 0 Å². The SMILES string of the molecule is c1ccc2c(c1)-c1ccccc1C21c2cc(-c3c4ccccc4cc4c3ccc3ccccc34)ccc2-c2c1cc1ccccc1c2-c1cccc2ccccc12. The molecule has 2 aliphatic carbocycles. The minimum absolute atomic E-state index is 0.510. The summed E-state index contributed by atoms with van der Waals surface area (Å²) < 4.78 is 0. The Bertz CT molecular complexity index is 3480. The van der Waals surface area contributed by atoms with Gasteiger partial charge in [0.1, 0.15) is 0 Å². The summed E-state index contributed by atoms with van der Waals surface area (Å²) >= 11 is 0. The van der Waals surface area contributed by atoms with Crippen LogP contribution in [0.4, 0.5) is 0 Å². The van der Waals surface area contributed by atoms with Crippen molar-refractivity contribution in [2.45, 2.75) is 5.41 Å². The van der Waals surface area contributed by atoms with Gasteiger partial charge in [0.25, 0.3) is 0 Å². The molecule has 0 aliphatic heterocycles. The summed E-state index contributed by atoms with van der Waals surface area (Å²) in [5.41, 5.74) is 15.3. The van der Waals surface area contributed by atoms with E-state index in [0.29, 0.717) is 0 Å². The first kappa shape index (κ1) is 31.0. The van der Waals surface area contributed by atoms with E-state index in [1.807, 2.05) is 0 Å². The molecule has 11 aromatic carbocycles. The molecule has 0 saturated carbocycles. The van der Waals surface area contributed by atoms with E-state index in [1.165, 1.54) is 121 Å². The number of rotatable bonds is 2. The molecule has 0 heterocycles. The van der Waals surface area contributed by atoms with Gasteiger partial charge in [0.05, 0.1) is 5.41 Å². The van der Waals surface area contributed by atoms with E-state index in [4.69, 9.17) is 0 Å². The average molecular weight is 719 g/mol. The van der Waals surface area contributed by atoms with Crippen LogP contribution in [-0.4, -0.2) is 0 Å². The van der Waals surface area contributed by atoms with Gasteiger partial charge in [0.15, 0.2) is 0 Å². The van der Waals surface area contributed by atoms with Crippen LogP contribution in [0.3, 0.4) is 0 Å². The summed E-state index contributed by atoms with van der Waals surface area (Å²) in [6.45, 7) is 0. The van der Waals surface area contributed by atoms with Gasteiger partial charge >= 0.3 is 0 Å². The van der Waals surface area contributed by atoms with Gasteiger partial charge in [-0.15, -0.1) is 0 Å². The molecule has 0 unspecified atom stereocenters. The second-order valence-corrected chi connectivity index (χ2v) is 15.9. The molecule has 0 heteroatoms. The summed E-state index contributed by atoms with van der Waals surface area (Å²) in [6, 6.07) is 77.8. The van der Waals surface area contributed by atoms with E-state index in [1.54, 1.807) is 0 Å². The van der Waals surface area contributed by atoms with Gasteiger partial charge in [-0.05, 0) is 139 Å². The fraction of sp³-hybridized carbons (Fsp3) is 0.0175. The molecule has 1 spiro atoms. The van der Waals surface area contributed by atoms with Crippen molar-refractivity contribution in [2.75, 3.05) is 0 Å². The lowest BCUT2D eigenvalue weighted by atomic mass is 9.69. The Labute approximate surface area is 330 Å². The van der Waals surface area contributed by atoms with Gasteiger partial charge in [0.2, 0.25) is 0 Å². The number of fused-ring (bicyclic) bond motifs is 16. The van der Waals surface area contributed by atoms with Crippen LogP contribution < -0.4 is 0 Å². The van der Waals surface area contributed by atoms with Gasteiger partial charge in [0, 0.05) is 0 Å². The Morgan fingerprint density at radius 1 is 0.228 bits per heavy atom. The maximum atomic E-state index is 2.57. The van der Waals surface area contributed by atoms with E-state index in [9.17, 15) is 0 Å². The van der Waals surface area contributed by atoms with Gasteiger partial charge < -0.3 is 0 Å². The normalized spacial score (nSPS) is 13.4. The third-order valence-corrected chi connectivity index (χ3v) is 13.2. The Hall–Kier alpha value is -7.28. The third-order valence-electron chi connectivity index (χ3n) is 13.2. The molecular formula is C57H34. The minimum Gasteiger partial charge on any atom is -0.0619 e. The fourth-order valence-corrected chi connectivity index (χ4v) is 11.0. The van der Waals surface area contributed by atoms with Crippen LogP contribution in [0.2, 0.25) is 0 Å². The van der Waals surface area contributed by atoms with E-state index >= 15 is 0 Å². The molecular weight excluding hydrogens is 685 g/mol. The maximum absolute atomic E-state index is 2.57. The second-order valence-electron chi connectivity index (χ2n) is 15.9. The van der Waals surface area contributed by atoms with Crippen LogP contribution in [-0.2, 0) is 5.41 Å². The van der Waals surface area contributed by atoms with E-state index in [0.717, 1.165) is 0 Å². The Balaban J connectivity index is 1.22. The molecule has 0 radical (unpaired) electrons. The summed E-state index contributed by atoms with van der Waals surface area (Å²) in [6.07, 6.45) is 0. The van der Waals surface area contributed by atoms with Crippen LogP contribution >= 0.6 is 0 Å². The lowest BCUT2D eigenvalue weighted by Gasteiger charge is -2.31. The predicted molar refractivity (Wildman–Crippen MR) is 241 cm³/mol. The molecule has 11 aromatic rings. The topological polar surface area (TPSA) is 0 Å². The highest BCUT2D eigenvalue weighted by atomic mass is 14.5. The molecule has 0 fully saturated rings. The number of hydrogen-bond donors (Lipinski definition) is 0. The first-order valence-corrected chi connectivity index (χ1v) is 20.0. The summed E-state index contributed by atoms with van der Waals surface area (Å²) in [5.74, 6) is 0. The van der Waals surface area contributed by atoms with Crippen molar-refractivity contribution in [1.82, 2.24) is 0 Å².